The Hall–Kier alpha value is -1.97. The van der Waals surface area contributed by atoms with Crippen LogP contribution in [0.3, 0.4) is 0 Å². The second-order valence-electron chi connectivity index (χ2n) is 6.14. The molecule has 3 rings (SSSR count). The Labute approximate surface area is 124 Å². The number of ether oxygens (including phenoxy) is 3. The molecule has 0 spiro atoms. The van der Waals surface area contributed by atoms with Crippen molar-refractivity contribution in [2.24, 2.45) is 5.92 Å². The fourth-order valence-electron chi connectivity index (χ4n) is 3.35. The van der Waals surface area contributed by atoms with Gasteiger partial charge in [0.25, 0.3) is 0 Å². The largest absolute Gasteiger partial charge is 0.493 e. The first kappa shape index (κ1) is 14.0. The van der Waals surface area contributed by atoms with E-state index in [2.05, 4.69) is 6.07 Å². The molecular weight excluding hydrogens is 268 g/mol. The number of carbonyl (C=O) groups is 1. The van der Waals surface area contributed by atoms with E-state index in [9.17, 15) is 4.79 Å². The molecule has 0 aliphatic carbocycles. The van der Waals surface area contributed by atoms with E-state index in [1.165, 1.54) is 7.11 Å². The first-order chi connectivity index (χ1) is 9.95. The van der Waals surface area contributed by atoms with Crippen LogP contribution in [0.5, 0.6) is 5.75 Å². The van der Waals surface area contributed by atoms with Crippen molar-refractivity contribution in [3.8, 4) is 5.75 Å². The smallest absolute Gasteiger partial charge is 0.373 e. The fourth-order valence-corrected chi connectivity index (χ4v) is 3.35. The maximum Gasteiger partial charge on any atom is 0.373 e. The van der Waals surface area contributed by atoms with Gasteiger partial charge in [0, 0.05) is 17.4 Å². The Morgan fingerprint density at radius 2 is 2.05 bits per heavy atom. The van der Waals surface area contributed by atoms with E-state index in [0.717, 1.165) is 16.9 Å². The van der Waals surface area contributed by atoms with Crippen molar-refractivity contribution >= 4 is 5.97 Å². The molecule has 0 fully saturated rings. The van der Waals surface area contributed by atoms with Crippen LogP contribution >= 0.6 is 0 Å². The number of fused-ring (bicyclic) bond motifs is 3. The minimum absolute atomic E-state index is 0.118. The highest BCUT2D eigenvalue weighted by Gasteiger charge is 2.49. The standard InChI is InChI=1S/C17H20O4/c1-10-14-11-7-5-6-8-13(11)20-9-12(14)17(2,3)21-15(10)16(18)19-4/h5-8,12,14H,9H2,1-4H3/t12-,14-/m1/s1. The summed E-state index contributed by atoms with van der Waals surface area (Å²) in [5.74, 6) is 1.09. The van der Waals surface area contributed by atoms with E-state index < -0.39 is 11.6 Å². The molecule has 0 saturated carbocycles. The summed E-state index contributed by atoms with van der Waals surface area (Å²) in [5.41, 5.74) is 1.55. The Morgan fingerprint density at radius 3 is 2.76 bits per heavy atom. The summed E-state index contributed by atoms with van der Waals surface area (Å²) in [6, 6.07) is 7.99. The van der Waals surface area contributed by atoms with Crippen molar-refractivity contribution in [1.82, 2.24) is 0 Å². The summed E-state index contributed by atoms with van der Waals surface area (Å²) in [4.78, 5) is 12.0. The van der Waals surface area contributed by atoms with Gasteiger partial charge >= 0.3 is 5.97 Å². The third kappa shape index (κ3) is 2.09. The molecular formula is C17H20O4. The van der Waals surface area contributed by atoms with Crippen LogP contribution in [0, 0.1) is 5.92 Å². The lowest BCUT2D eigenvalue weighted by Gasteiger charge is -2.47. The van der Waals surface area contributed by atoms with Crippen molar-refractivity contribution in [3.63, 3.8) is 0 Å². The fraction of sp³-hybridized carbons (Fsp3) is 0.471. The first-order valence-electron chi connectivity index (χ1n) is 7.15. The summed E-state index contributed by atoms with van der Waals surface area (Å²) >= 11 is 0. The van der Waals surface area contributed by atoms with Gasteiger partial charge in [-0.2, -0.15) is 0 Å². The van der Waals surface area contributed by atoms with E-state index >= 15 is 0 Å². The van der Waals surface area contributed by atoms with Crippen molar-refractivity contribution < 1.29 is 19.0 Å². The third-order valence-electron chi connectivity index (χ3n) is 4.53. The zero-order valence-corrected chi connectivity index (χ0v) is 12.8. The first-order valence-corrected chi connectivity index (χ1v) is 7.15. The van der Waals surface area contributed by atoms with Crippen LogP contribution in [0.2, 0.25) is 0 Å². The van der Waals surface area contributed by atoms with Crippen LogP contribution in [0.1, 0.15) is 32.3 Å². The highest BCUT2D eigenvalue weighted by atomic mass is 16.6. The lowest BCUT2D eigenvalue weighted by molar-refractivity contribution is -0.148. The predicted molar refractivity (Wildman–Crippen MR) is 78.0 cm³/mol. The number of allylic oxidation sites excluding steroid dienone is 1. The molecule has 1 aromatic rings. The average molecular weight is 288 g/mol. The van der Waals surface area contributed by atoms with E-state index in [1.54, 1.807) is 0 Å². The predicted octanol–water partition coefficient (Wildman–Crippen LogP) is 3.03. The van der Waals surface area contributed by atoms with Crippen molar-refractivity contribution in [1.29, 1.82) is 0 Å². The third-order valence-corrected chi connectivity index (χ3v) is 4.53. The monoisotopic (exact) mass is 288 g/mol. The molecule has 0 N–H and O–H groups in total. The molecule has 0 saturated heterocycles. The molecule has 0 bridgehead atoms. The lowest BCUT2D eigenvalue weighted by atomic mass is 9.70. The summed E-state index contributed by atoms with van der Waals surface area (Å²) in [6.45, 7) is 6.52. The average Bonchev–Trinajstić information content (AvgIpc) is 2.49. The SMILES string of the molecule is COC(=O)C1=C(C)[C@@H]2c3ccccc3OC[C@H]2C(C)(C)O1. The van der Waals surface area contributed by atoms with Crippen LogP contribution in [0.4, 0.5) is 0 Å². The van der Waals surface area contributed by atoms with Crippen molar-refractivity contribution in [3.05, 3.63) is 41.2 Å². The second-order valence-corrected chi connectivity index (χ2v) is 6.14. The lowest BCUT2D eigenvalue weighted by Crippen LogP contribution is -2.48. The number of hydrogen-bond donors (Lipinski definition) is 0. The molecule has 112 valence electrons. The number of hydrogen-bond acceptors (Lipinski definition) is 4. The molecule has 4 heteroatoms. The van der Waals surface area contributed by atoms with Crippen LogP contribution in [0.25, 0.3) is 0 Å². The van der Waals surface area contributed by atoms with Gasteiger partial charge in [0.2, 0.25) is 5.76 Å². The van der Waals surface area contributed by atoms with E-state index in [4.69, 9.17) is 14.2 Å². The zero-order chi connectivity index (χ0) is 15.2. The molecule has 0 amide bonds. The van der Waals surface area contributed by atoms with Crippen molar-refractivity contribution in [2.75, 3.05) is 13.7 Å². The molecule has 0 unspecified atom stereocenters. The van der Waals surface area contributed by atoms with Gasteiger partial charge in [-0.05, 0) is 32.4 Å². The summed E-state index contributed by atoms with van der Waals surface area (Å²) in [5, 5.41) is 0. The summed E-state index contributed by atoms with van der Waals surface area (Å²) < 4.78 is 16.7. The highest BCUT2D eigenvalue weighted by Crippen LogP contribution is 2.50. The number of rotatable bonds is 1. The van der Waals surface area contributed by atoms with E-state index in [-0.39, 0.29) is 11.8 Å². The minimum atomic E-state index is -0.485. The molecule has 4 nitrogen and oxygen atoms in total. The molecule has 0 aromatic heterocycles. The summed E-state index contributed by atoms with van der Waals surface area (Å²) in [6.07, 6.45) is 0. The maximum absolute atomic E-state index is 12.0. The summed E-state index contributed by atoms with van der Waals surface area (Å²) in [7, 11) is 1.38. The number of benzene rings is 1. The molecule has 2 atom stereocenters. The molecule has 1 aromatic carbocycles. The Balaban J connectivity index is 2.16. The van der Waals surface area contributed by atoms with Gasteiger partial charge in [-0.3, -0.25) is 0 Å². The number of methoxy groups -OCH3 is 1. The molecule has 0 radical (unpaired) electrons. The Morgan fingerprint density at radius 1 is 1.33 bits per heavy atom. The van der Waals surface area contributed by atoms with Gasteiger partial charge in [-0.15, -0.1) is 0 Å². The molecule has 21 heavy (non-hydrogen) atoms. The second kappa shape index (κ2) is 4.79. The van der Waals surface area contributed by atoms with Gasteiger partial charge < -0.3 is 14.2 Å². The van der Waals surface area contributed by atoms with Gasteiger partial charge in [0.15, 0.2) is 0 Å². The molecule has 2 aliphatic rings. The number of para-hydroxylation sites is 1. The Bertz CT molecular complexity index is 615. The van der Waals surface area contributed by atoms with E-state index in [1.807, 2.05) is 39.0 Å². The van der Waals surface area contributed by atoms with Crippen LogP contribution in [0.15, 0.2) is 35.6 Å². The molecule has 2 aliphatic heterocycles. The van der Waals surface area contributed by atoms with Gasteiger partial charge in [-0.25, -0.2) is 4.79 Å². The number of esters is 1. The zero-order valence-electron chi connectivity index (χ0n) is 12.8. The maximum atomic E-state index is 12.0. The van der Waals surface area contributed by atoms with Crippen LogP contribution < -0.4 is 4.74 Å². The Kier molecular flexibility index (Phi) is 3.19. The molecule has 2 heterocycles. The number of carbonyl (C=O) groups excluding carboxylic acids is 1. The van der Waals surface area contributed by atoms with Crippen molar-refractivity contribution in [2.45, 2.75) is 32.3 Å². The van der Waals surface area contributed by atoms with Crippen LogP contribution in [-0.2, 0) is 14.3 Å². The quantitative estimate of drug-likeness (QED) is 0.745. The van der Waals surface area contributed by atoms with E-state index in [0.29, 0.717) is 12.4 Å². The topological polar surface area (TPSA) is 44.8 Å². The van der Waals surface area contributed by atoms with Gasteiger partial charge in [-0.1, -0.05) is 18.2 Å². The minimum Gasteiger partial charge on any atom is -0.493 e. The normalized spacial score (nSPS) is 26.1. The van der Waals surface area contributed by atoms with Gasteiger partial charge in [0.05, 0.1) is 13.7 Å². The van der Waals surface area contributed by atoms with Gasteiger partial charge in [0.1, 0.15) is 11.4 Å². The van der Waals surface area contributed by atoms with Crippen LogP contribution in [-0.4, -0.2) is 25.3 Å². The highest BCUT2D eigenvalue weighted by molar-refractivity contribution is 5.87.